The molecule has 0 atom stereocenters. The maximum absolute atomic E-state index is 12.5. The highest BCUT2D eigenvalue weighted by Crippen LogP contribution is 2.22. The van der Waals surface area contributed by atoms with Crippen molar-refractivity contribution in [2.24, 2.45) is 0 Å². The highest BCUT2D eigenvalue weighted by Gasteiger charge is 2.07. The smallest absolute Gasteiger partial charge is 0.255 e. The van der Waals surface area contributed by atoms with Crippen molar-refractivity contribution in [1.29, 1.82) is 0 Å². The van der Waals surface area contributed by atoms with Crippen LogP contribution in [-0.2, 0) is 0 Å². The van der Waals surface area contributed by atoms with E-state index in [0.717, 1.165) is 10.6 Å². The van der Waals surface area contributed by atoms with Crippen LogP contribution in [0.3, 0.4) is 0 Å². The Balaban J connectivity index is 1.41. The molecule has 0 saturated carbocycles. The van der Waals surface area contributed by atoms with Crippen molar-refractivity contribution in [2.75, 3.05) is 22.2 Å². The van der Waals surface area contributed by atoms with E-state index in [9.17, 15) is 4.79 Å². The van der Waals surface area contributed by atoms with Gasteiger partial charge in [0.25, 0.3) is 5.91 Å². The van der Waals surface area contributed by atoms with Crippen LogP contribution in [0.2, 0.25) is 0 Å². The Morgan fingerprint density at radius 2 is 1.50 bits per heavy atom. The quantitative estimate of drug-likeness (QED) is 0.319. The predicted octanol–water partition coefficient (Wildman–Crippen LogP) is 5.64. The van der Waals surface area contributed by atoms with Gasteiger partial charge in [0, 0.05) is 34.1 Å². The van der Waals surface area contributed by atoms with Crippen molar-refractivity contribution in [3.63, 3.8) is 0 Å². The van der Waals surface area contributed by atoms with Gasteiger partial charge in [-0.15, -0.1) is 11.8 Å². The number of carbonyl (C=O) groups excluding carboxylic acids is 1. The van der Waals surface area contributed by atoms with Crippen LogP contribution in [0.15, 0.2) is 83.9 Å². The summed E-state index contributed by atoms with van der Waals surface area (Å²) < 4.78 is 0. The van der Waals surface area contributed by atoms with Crippen molar-refractivity contribution < 1.29 is 4.79 Å². The lowest BCUT2D eigenvalue weighted by Crippen LogP contribution is -2.11. The molecule has 0 aliphatic carbocycles. The van der Waals surface area contributed by atoms with Gasteiger partial charge in [-0.25, -0.2) is 15.0 Å². The van der Waals surface area contributed by atoms with Crippen molar-refractivity contribution in [1.82, 2.24) is 15.0 Å². The SMILES string of the molecule is CSc1ccc(C(=O)Nc2ccc(Nc3cc(Nc4ccccn4)nc(C)n3)cc2)cc1. The van der Waals surface area contributed by atoms with E-state index in [-0.39, 0.29) is 5.91 Å². The van der Waals surface area contributed by atoms with Crippen molar-refractivity contribution in [3.05, 3.63) is 90.4 Å². The van der Waals surface area contributed by atoms with Gasteiger partial charge in [-0.05, 0) is 73.8 Å². The zero-order chi connectivity index (χ0) is 22.3. The monoisotopic (exact) mass is 442 g/mol. The van der Waals surface area contributed by atoms with E-state index in [1.165, 1.54) is 0 Å². The van der Waals surface area contributed by atoms with Gasteiger partial charge in [-0.2, -0.15) is 0 Å². The highest BCUT2D eigenvalue weighted by atomic mass is 32.2. The molecule has 2 aromatic heterocycles. The van der Waals surface area contributed by atoms with E-state index in [2.05, 4.69) is 30.9 Å². The van der Waals surface area contributed by atoms with Crippen LogP contribution in [0, 0.1) is 6.92 Å². The minimum atomic E-state index is -0.143. The number of hydrogen-bond acceptors (Lipinski definition) is 7. The number of aromatic nitrogens is 3. The van der Waals surface area contributed by atoms with E-state index in [1.807, 2.05) is 86.0 Å². The Labute approximate surface area is 190 Å². The van der Waals surface area contributed by atoms with E-state index >= 15 is 0 Å². The molecule has 7 nitrogen and oxygen atoms in total. The molecule has 0 aliphatic rings. The Morgan fingerprint density at radius 1 is 0.812 bits per heavy atom. The summed E-state index contributed by atoms with van der Waals surface area (Å²) >= 11 is 1.64. The van der Waals surface area contributed by atoms with Gasteiger partial charge in [0.05, 0.1) is 0 Å². The molecule has 32 heavy (non-hydrogen) atoms. The first-order valence-electron chi connectivity index (χ1n) is 9.95. The molecule has 3 N–H and O–H groups in total. The number of hydrogen-bond donors (Lipinski definition) is 3. The number of benzene rings is 2. The van der Waals surface area contributed by atoms with Crippen LogP contribution < -0.4 is 16.0 Å². The number of carbonyl (C=O) groups is 1. The molecule has 0 spiro atoms. The first kappa shape index (κ1) is 21.3. The largest absolute Gasteiger partial charge is 0.340 e. The van der Waals surface area contributed by atoms with Gasteiger partial charge >= 0.3 is 0 Å². The lowest BCUT2D eigenvalue weighted by atomic mass is 10.2. The molecule has 160 valence electrons. The second kappa shape index (κ2) is 9.93. The van der Waals surface area contributed by atoms with E-state index in [4.69, 9.17) is 0 Å². The third kappa shape index (κ3) is 5.61. The van der Waals surface area contributed by atoms with Gasteiger partial charge in [-0.1, -0.05) is 6.07 Å². The van der Waals surface area contributed by atoms with E-state index in [0.29, 0.717) is 34.5 Å². The predicted molar refractivity (Wildman–Crippen MR) is 130 cm³/mol. The molecular formula is C24H22N6OS. The number of anilines is 5. The number of pyridine rings is 1. The first-order valence-corrected chi connectivity index (χ1v) is 11.2. The fraction of sp³-hybridized carbons (Fsp3) is 0.0833. The summed E-state index contributed by atoms with van der Waals surface area (Å²) in [5.74, 6) is 2.50. The van der Waals surface area contributed by atoms with Crippen LogP contribution in [0.4, 0.5) is 28.8 Å². The summed E-state index contributed by atoms with van der Waals surface area (Å²) in [6.45, 7) is 1.83. The lowest BCUT2D eigenvalue weighted by Gasteiger charge is -2.11. The maximum atomic E-state index is 12.5. The summed E-state index contributed by atoms with van der Waals surface area (Å²) in [4.78, 5) is 26.7. The molecule has 8 heteroatoms. The third-order valence-corrected chi connectivity index (χ3v) is 5.27. The summed E-state index contributed by atoms with van der Waals surface area (Å²) in [5, 5.41) is 9.36. The van der Waals surface area contributed by atoms with E-state index in [1.54, 1.807) is 18.0 Å². The van der Waals surface area contributed by atoms with E-state index < -0.39 is 0 Å². The molecule has 0 bridgehead atoms. The molecule has 0 fully saturated rings. The Hall–Kier alpha value is -3.91. The maximum Gasteiger partial charge on any atom is 0.255 e. The molecule has 0 saturated heterocycles. The minimum Gasteiger partial charge on any atom is -0.340 e. The number of rotatable bonds is 7. The summed E-state index contributed by atoms with van der Waals surface area (Å²) in [7, 11) is 0. The fourth-order valence-corrected chi connectivity index (χ4v) is 3.40. The van der Waals surface area contributed by atoms with Crippen LogP contribution in [0.1, 0.15) is 16.2 Å². The normalized spacial score (nSPS) is 10.4. The summed E-state index contributed by atoms with van der Waals surface area (Å²) in [5.41, 5.74) is 2.18. The van der Waals surface area contributed by atoms with Gasteiger partial charge in [0.15, 0.2) is 0 Å². The van der Waals surface area contributed by atoms with Crippen molar-refractivity contribution in [3.8, 4) is 0 Å². The van der Waals surface area contributed by atoms with Crippen LogP contribution >= 0.6 is 11.8 Å². The zero-order valence-corrected chi connectivity index (χ0v) is 18.5. The minimum absolute atomic E-state index is 0.143. The van der Waals surface area contributed by atoms with Gasteiger partial charge in [-0.3, -0.25) is 4.79 Å². The van der Waals surface area contributed by atoms with Crippen molar-refractivity contribution in [2.45, 2.75) is 11.8 Å². The number of nitrogens with one attached hydrogen (secondary N) is 3. The molecular weight excluding hydrogens is 420 g/mol. The molecule has 1 amide bonds. The molecule has 0 unspecified atom stereocenters. The first-order chi connectivity index (χ1) is 15.6. The van der Waals surface area contributed by atoms with Crippen molar-refractivity contribution >= 4 is 46.5 Å². The third-order valence-electron chi connectivity index (χ3n) is 4.53. The van der Waals surface area contributed by atoms with Crippen LogP contribution in [-0.4, -0.2) is 27.1 Å². The average Bonchev–Trinajstić information content (AvgIpc) is 2.81. The molecule has 4 rings (SSSR count). The van der Waals surface area contributed by atoms with Gasteiger partial charge in [0.2, 0.25) is 0 Å². The number of aryl methyl sites for hydroxylation is 1. The van der Waals surface area contributed by atoms with Gasteiger partial charge in [0.1, 0.15) is 23.3 Å². The van der Waals surface area contributed by atoms with Crippen LogP contribution in [0.5, 0.6) is 0 Å². The second-order valence-corrected chi connectivity index (χ2v) is 7.79. The Kier molecular flexibility index (Phi) is 6.62. The standard InChI is InChI=1S/C24H22N6OS/c1-16-26-22(15-23(27-16)30-21-5-3-4-14-25-21)28-18-8-10-19(11-9-18)29-24(31)17-6-12-20(32-2)13-7-17/h3-15H,1-2H3,(H,29,31)(H2,25,26,27,28,30). The molecule has 0 aliphatic heterocycles. The molecule has 2 aromatic carbocycles. The number of thioether (sulfide) groups is 1. The highest BCUT2D eigenvalue weighted by molar-refractivity contribution is 7.98. The lowest BCUT2D eigenvalue weighted by molar-refractivity contribution is 0.102. The molecule has 0 radical (unpaired) electrons. The Morgan fingerprint density at radius 3 is 2.16 bits per heavy atom. The number of nitrogens with zero attached hydrogens (tertiary/aromatic N) is 3. The average molecular weight is 443 g/mol. The summed E-state index contributed by atoms with van der Waals surface area (Å²) in [6, 6.07) is 22.4. The second-order valence-electron chi connectivity index (χ2n) is 6.91. The Bertz CT molecular complexity index is 1200. The summed E-state index contributed by atoms with van der Waals surface area (Å²) in [6.07, 6.45) is 3.72. The molecule has 2 heterocycles. The van der Waals surface area contributed by atoms with Gasteiger partial charge < -0.3 is 16.0 Å². The fourth-order valence-electron chi connectivity index (χ4n) is 2.99. The molecule has 4 aromatic rings. The zero-order valence-electron chi connectivity index (χ0n) is 17.7. The van der Waals surface area contributed by atoms with Crippen LogP contribution in [0.25, 0.3) is 0 Å². The number of amides is 1. The topological polar surface area (TPSA) is 91.8 Å².